The standard InChI is InChI=1S/C20H27ClN6O/c1-6-10-26(11-7-2)19-14(3)18(24-20-22-13-23-27(19)20)25(4)17-9-8-15(28-5)12-16(17)21/h8-9,12-13H,6-7,10-11H2,1-5H3. The van der Waals surface area contributed by atoms with Gasteiger partial charge in [-0.25, -0.2) is 0 Å². The van der Waals surface area contributed by atoms with Crippen molar-refractivity contribution in [3.63, 3.8) is 0 Å². The molecule has 0 aliphatic heterocycles. The average Bonchev–Trinajstić information content (AvgIpc) is 3.15. The van der Waals surface area contributed by atoms with Gasteiger partial charge in [-0.15, -0.1) is 0 Å². The van der Waals surface area contributed by atoms with E-state index in [4.69, 9.17) is 21.3 Å². The largest absolute Gasteiger partial charge is 0.497 e. The number of anilines is 3. The second kappa shape index (κ2) is 8.65. The molecule has 0 radical (unpaired) electrons. The van der Waals surface area contributed by atoms with Crippen LogP contribution in [0.3, 0.4) is 0 Å². The van der Waals surface area contributed by atoms with E-state index in [1.54, 1.807) is 19.5 Å². The van der Waals surface area contributed by atoms with Crippen LogP contribution in [0, 0.1) is 6.92 Å². The second-order valence-corrected chi connectivity index (χ2v) is 7.13. The lowest BCUT2D eigenvalue weighted by atomic mass is 10.2. The number of rotatable bonds is 8. The van der Waals surface area contributed by atoms with Crippen molar-refractivity contribution in [2.45, 2.75) is 33.6 Å². The number of nitrogens with zero attached hydrogens (tertiary/aromatic N) is 6. The molecule has 0 aliphatic rings. The molecule has 0 atom stereocenters. The summed E-state index contributed by atoms with van der Waals surface area (Å²) in [4.78, 5) is 13.4. The molecule has 2 aromatic heterocycles. The lowest BCUT2D eigenvalue weighted by molar-refractivity contribution is 0.415. The highest BCUT2D eigenvalue weighted by Gasteiger charge is 2.22. The smallest absolute Gasteiger partial charge is 0.256 e. The monoisotopic (exact) mass is 402 g/mol. The van der Waals surface area contributed by atoms with E-state index in [0.717, 1.165) is 54.6 Å². The molecule has 2 heterocycles. The van der Waals surface area contributed by atoms with Gasteiger partial charge in [0.05, 0.1) is 17.8 Å². The number of halogens is 1. The van der Waals surface area contributed by atoms with Gasteiger partial charge in [0, 0.05) is 31.8 Å². The van der Waals surface area contributed by atoms with E-state index in [1.165, 1.54) is 0 Å². The summed E-state index contributed by atoms with van der Waals surface area (Å²) in [5.74, 6) is 3.12. The van der Waals surface area contributed by atoms with Gasteiger partial charge in [0.1, 0.15) is 23.7 Å². The van der Waals surface area contributed by atoms with E-state index in [9.17, 15) is 0 Å². The Morgan fingerprint density at radius 3 is 2.50 bits per heavy atom. The fourth-order valence-electron chi connectivity index (χ4n) is 3.46. The fraction of sp³-hybridized carbons (Fsp3) is 0.450. The highest BCUT2D eigenvalue weighted by molar-refractivity contribution is 6.33. The first-order valence-electron chi connectivity index (χ1n) is 9.54. The third-order valence-corrected chi connectivity index (χ3v) is 5.03. The second-order valence-electron chi connectivity index (χ2n) is 6.72. The summed E-state index contributed by atoms with van der Waals surface area (Å²) < 4.78 is 7.09. The van der Waals surface area contributed by atoms with E-state index < -0.39 is 0 Å². The molecule has 150 valence electrons. The zero-order chi connectivity index (χ0) is 20.3. The van der Waals surface area contributed by atoms with E-state index in [-0.39, 0.29) is 0 Å². The van der Waals surface area contributed by atoms with Crippen LogP contribution in [0.25, 0.3) is 5.78 Å². The fourth-order valence-corrected chi connectivity index (χ4v) is 3.76. The minimum absolute atomic E-state index is 0.573. The number of hydrogen-bond acceptors (Lipinski definition) is 6. The van der Waals surface area contributed by atoms with Crippen LogP contribution in [0.15, 0.2) is 24.5 Å². The third kappa shape index (κ3) is 3.71. The zero-order valence-electron chi connectivity index (χ0n) is 17.1. The van der Waals surface area contributed by atoms with Crippen LogP contribution in [0.2, 0.25) is 5.02 Å². The van der Waals surface area contributed by atoms with Crippen LogP contribution >= 0.6 is 11.6 Å². The minimum atomic E-state index is 0.573. The maximum atomic E-state index is 6.51. The van der Waals surface area contributed by atoms with Crippen LogP contribution in [-0.2, 0) is 0 Å². The molecular weight excluding hydrogens is 376 g/mol. The molecule has 1 aromatic carbocycles. The predicted molar refractivity (Wildman–Crippen MR) is 114 cm³/mol. The van der Waals surface area contributed by atoms with Crippen LogP contribution < -0.4 is 14.5 Å². The van der Waals surface area contributed by atoms with Gasteiger partial charge in [-0.2, -0.15) is 19.6 Å². The maximum absolute atomic E-state index is 6.51. The summed E-state index contributed by atoms with van der Waals surface area (Å²) in [5, 5.41) is 5.02. The molecule has 0 bridgehead atoms. The maximum Gasteiger partial charge on any atom is 0.256 e. The molecule has 3 rings (SSSR count). The first-order chi connectivity index (χ1) is 13.5. The van der Waals surface area contributed by atoms with Crippen molar-refractivity contribution in [1.82, 2.24) is 19.6 Å². The topological polar surface area (TPSA) is 58.8 Å². The molecule has 0 amide bonds. The Kier molecular flexibility index (Phi) is 6.24. The molecule has 8 heteroatoms. The Hall–Kier alpha value is -2.54. The summed E-state index contributed by atoms with van der Waals surface area (Å²) in [6.45, 7) is 8.33. The number of fused-ring (bicyclic) bond motifs is 1. The Morgan fingerprint density at radius 1 is 1.18 bits per heavy atom. The molecule has 7 nitrogen and oxygen atoms in total. The van der Waals surface area contributed by atoms with Crippen LogP contribution in [0.5, 0.6) is 5.75 Å². The van der Waals surface area contributed by atoms with E-state index in [0.29, 0.717) is 10.8 Å². The van der Waals surface area contributed by atoms with Crippen molar-refractivity contribution in [3.8, 4) is 5.75 Å². The summed E-state index contributed by atoms with van der Waals surface area (Å²) in [6.07, 6.45) is 3.65. The van der Waals surface area contributed by atoms with Crippen molar-refractivity contribution >= 4 is 34.7 Å². The van der Waals surface area contributed by atoms with Gasteiger partial charge in [0.15, 0.2) is 0 Å². The van der Waals surface area contributed by atoms with Crippen molar-refractivity contribution in [3.05, 3.63) is 35.1 Å². The molecular formula is C20H27ClN6O. The highest BCUT2D eigenvalue weighted by Crippen LogP contribution is 2.36. The number of hydrogen-bond donors (Lipinski definition) is 0. The van der Waals surface area contributed by atoms with Gasteiger partial charge in [-0.1, -0.05) is 25.4 Å². The van der Waals surface area contributed by atoms with E-state index >= 15 is 0 Å². The SMILES string of the molecule is CCCN(CCC)c1c(C)c(N(C)c2ccc(OC)cc2Cl)nc2ncnn12. The predicted octanol–water partition coefficient (Wildman–Crippen LogP) is 4.49. The summed E-state index contributed by atoms with van der Waals surface area (Å²) in [7, 11) is 3.59. The lowest BCUT2D eigenvalue weighted by Gasteiger charge is -2.29. The number of methoxy groups -OCH3 is 1. The van der Waals surface area contributed by atoms with Crippen LogP contribution in [0.4, 0.5) is 17.3 Å². The van der Waals surface area contributed by atoms with Crippen molar-refractivity contribution in [1.29, 1.82) is 0 Å². The Bertz CT molecular complexity index is 951. The number of benzene rings is 1. The molecule has 0 aliphatic carbocycles. The van der Waals surface area contributed by atoms with Crippen molar-refractivity contribution < 1.29 is 4.74 Å². The van der Waals surface area contributed by atoms with Crippen molar-refractivity contribution in [2.75, 3.05) is 37.0 Å². The Labute approximate surface area is 170 Å². The van der Waals surface area contributed by atoms with Gasteiger partial charge in [0.25, 0.3) is 5.78 Å². The van der Waals surface area contributed by atoms with Crippen molar-refractivity contribution in [2.24, 2.45) is 0 Å². The van der Waals surface area contributed by atoms with E-state index in [2.05, 4.69) is 35.8 Å². The molecule has 0 saturated heterocycles. The molecule has 3 aromatic rings. The highest BCUT2D eigenvalue weighted by atomic mass is 35.5. The average molecular weight is 403 g/mol. The zero-order valence-corrected chi connectivity index (χ0v) is 17.9. The minimum Gasteiger partial charge on any atom is -0.497 e. The lowest BCUT2D eigenvalue weighted by Crippen LogP contribution is -2.29. The number of ether oxygens (including phenoxy) is 1. The van der Waals surface area contributed by atoms with Gasteiger partial charge < -0.3 is 14.5 Å². The normalized spacial score (nSPS) is 11.1. The summed E-state index contributed by atoms with van der Waals surface area (Å²) >= 11 is 6.51. The molecule has 0 saturated carbocycles. The van der Waals surface area contributed by atoms with Gasteiger partial charge in [-0.05, 0) is 31.9 Å². The molecule has 0 unspecified atom stereocenters. The molecule has 0 spiro atoms. The molecule has 28 heavy (non-hydrogen) atoms. The summed E-state index contributed by atoms with van der Waals surface area (Å²) in [5.41, 5.74) is 1.89. The quantitative estimate of drug-likeness (QED) is 0.553. The van der Waals surface area contributed by atoms with Gasteiger partial charge in [0.2, 0.25) is 0 Å². The molecule has 0 fully saturated rings. The van der Waals surface area contributed by atoms with Gasteiger partial charge >= 0.3 is 0 Å². The van der Waals surface area contributed by atoms with E-state index in [1.807, 2.05) is 28.6 Å². The third-order valence-electron chi connectivity index (χ3n) is 4.73. The Balaban J connectivity index is 2.15. The molecule has 0 N–H and O–H groups in total. The van der Waals surface area contributed by atoms with Crippen LogP contribution in [0.1, 0.15) is 32.3 Å². The first-order valence-corrected chi connectivity index (χ1v) is 9.92. The van der Waals surface area contributed by atoms with Crippen LogP contribution in [-0.4, -0.2) is 46.8 Å². The first kappa shape index (κ1) is 20.2. The number of aromatic nitrogens is 4. The Morgan fingerprint density at radius 2 is 1.89 bits per heavy atom. The van der Waals surface area contributed by atoms with Gasteiger partial charge in [-0.3, -0.25) is 0 Å². The summed E-state index contributed by atoms with van der Waals surface area (Å²) in [6, 6.07) is 5.63.